The normalized spacial score (nSPS) is 10.9. The van der Waals surface area contributed by atoms with Crippen LogP contribution in [-0.2, 0) is 6.42 Å². The van der Waals surface area contributed by atoms with Gasteiger partial charge in [-0.3, -0.25) is 9.59 Å². The largest absolute Gasteiger partial charge is 0.493 e. The van der Waals surface area contributed by atoms with E-state index in [1.807, 2.05) is 45.0 Å². The van der Waals surface area contributed by atoms with Gasteiger partial charge in [0, 0.05) is 28.8 Å². The minimum Gasteiger partial charge on any atom is -0.493 e. The molecule has 3 rings (SSSR count). The monoisotopic (exact) mass is 416 g/mol. The number of carbonyl (C=O) groups excluding carboxylic acids is 2. The molecule has 3 aromatic carbocycles. The molecule has 0 unspecified atom stereocenters. The van der Waals surface area contributed by atoms with Crippen molar-refractivity contribution < 1.29 is 14.3 Å². The van der Waals surface area contributed by atoms with E-state index < -0.39 is 0 Å². The Morgan fingerprint density at radius 2 is 1.48 bits per heavy atom. The first-order chi connectivity index (χ1) is 14.8. The van der Waals surface area contributed by atoms with E-state index in [9.17, 15) is 9.59 Å². The lowest BCUT2D eigenvalue weighted by atomic mass is 10.1. The van der Waals surface area contributed by atoms with Gasteiger partial charge < -0.3 is 15.4 Å². The average Bonchev–Trinajstić information content (AvgIpc) is 2.74. The summed E-state index contributed by atoms with van der Waals surface area (Å²) in [7, 11) is 0. The molecule has 0 heterocycles. The Bertz CT molecular complexity index is 1040. The molecule has 0 atom stereocenters. The highest BCUT2D eigenvalue weighted by Gasteiger charge is 2.16. The van der Waals surface area contributed by atoms with Gasteiger partial charge in [-0.05, 0) is 62.7 Å². The number of carbonyl (C=O) groups is 2. The van der Waals surface area contributed by atoms with Crippen molar-refractivity contribution in [3.8, 4) is 5.75 Å². The van der Waals surface area contributed by atoms with Crippen LogP contribution in [0.3, 0.4) is 0 Å². The number of hydrogen-bond donors (Lipinski definition) is 2. The standard InChI is InChI=1S/C26H28N2O3/c1-26(2,3)28-25(30)20-11-7-13-22(17-20)27-24(29)21-12-8-14-23(18-21)31-16-15-19-9-5-4-6-10-19/h4-14,17-18H,15-16H2,1-3H3,(H,27,29)(H,28,30). The molecule has 2 N–H and O–H groups in total. The minimum atomic E-state index is -0.336. The lowest BCUT2D eigenvalue weighted by molar-refractivity contribution is 0.0918. The lowest BCUT2D eigenvalue weighted by Crippen LogP contribution is -2.40. The molecule has 0 spiro atoms. The van der Waals surface area contributed by atoms with Gasteiger partial charge in [0.1, 0.15) is 5.75 Å². The molecule has 5 nitrogen and oxygen atoms in total. The summed E-state index contributed by atoms with van der Waals surface area (Å²) < 4.78 is 5.82. The van der Waals surface area contributed by atoms with Crippen LogP contribution in [0.1, 0.15) is 47.1 Å². The van der Waals surface area contributed by atoms with Gasteiger partial charge in [0.05, 0.1) is 6.61 Å². The fraction of sp³-hybridized carbons (Fsp3) is 0.231. The van der Waals surface area contributed by atoms with Gasteiger partial charge in [-0.1, -0.05) is 42.5 Å². The number of benzene rings is 3. The topological polar surface area (TPSA) is 67.4 Å². The molecule has 31 heavy (non-hydrogen) atoms. The van der Waals surface area contributed by atoms with E-state index in [1.54, 1.807) is 42.5 Å². The van der Waals surface area contributed by atoms with Crippen LogP contribution in [0.2, 0.25) is 0 Å². The Morgan fingerprint density at radius 3 is 2.19 bits per heavy atom. The summed E-state index contributed by atoms with van der Waals surface area (Å²) in [6, 6.07) is 24.1. The summed E-state index contributed by atoms with van der Waals surface area (Å²) in [5.41, 5.74) is 2.40. The number of ether oxygens (including phenoxy) is 1. The summed E-state index contributed by atoms with van der Waals surface area (Å²) in [5.74, 6) is 0.196. The Kier molecular flexibility index (Phi) is 7.08. The van der Waals surface area contributed by atoms with Crippen LogP contribution in [0.15, 0.2) is 78.9 Å². The number of hydrogen-bond acceptors (Lipinski definition) is 3. The zero-order valence-electron chi connectivity index (χ0n) is 18.1. The highest BCUT2D eigenvalue weighted by molar-refractivity contribution is 6.05. The van der Waals surface area contributed by atoms with Crippen LogP contribution in [0.4, 0.5) is 5.69 Å². The van der Waals surface area contributed by atoms with Crippen molar-refractivity contribution in [1.82, 2.24) is 5.32 Å². The molecule has 5 heteroatoms. The van der Waals surface area contributed by atoms with Crippen molar-refractivity contribution in [2.45, 2.75) is 32.7 Å². The molecule has 0 aromatic heterocycles. The van der Waals surface area contributed by atoms with Gasteiger partial charge in [-0.2, -0.15) is 0 Å². The summed E-state index contributed by atoms with van der Waals surface area (Å²) in [5, 5.41) is 5.77. The van der Waals surface area contributed by atoms with Gasteiger partial charge in [-0.15, -0.1) is 0 Å². The second-order valence-electron chi connectivity index (χ2n) is 8.35. The molecule has 0 bridgehead atoms. The number of nitrogens with one attached hydrogen (secondary N) is 2. The zero-order chi connectivity index (χ0) is 22.3. The molecule has 0 saturated heterocycles. The first-order valence-electron chi connectivity index (χ1n) is 10.3. The van der Waals surface area contributed by atoms with Gasteiger partial charge in [0.2, 0.25) is 0 Å². The van der Waals surface area contributed by atoms with Gasteiger partial charge in [0.25, 0.3) is 11.8 Å². The van der Waals surface area contributed by atoms with E-state index in [2.05, 4.69) is 22.8 Å². The molecule has 0 radical (unpaired) electrons. The van der Waals surface area contributed by atoms with E-state index in [-0.39, 0.29) is 17.4 Å². The Balaban J connectivity index is 1.61. The van der Waals surface area contributed by atoms with Crippen LogP contribution in [-0.4, -0.2) is 24.0 Å². The Hall–Kier alpha value is -3.60. The lowest BCUT2D eigenvalue weighted by Gasteiger charge is -2.20. The van der Waals surface area contributed by atoms with Crippen molar-refractivity contribution >= 4 is 17.5 Å². The Morgan fingerprint density at radius 1 is 0.806 bits per heavy atom. The second-order valence-corrected chi connectivity index (χ2v) is 8.35. The summed E-state index contributed by atoms with van der Waals surface area (Å²) >= 11 is 0. The van der Waals surface area contributed by atoms with Gasteiger partial charge in [0.15, 0.2) is 0 Å². The van der Waals surface area contributed by atoms with Crippen LogP contribution < -0.4 is 15.4 Å². The van der Waals surface area contributed by atoms with E-state index >= 15 is 0 Å². The van der Waals surface area contributed by atoms with Crippen molar-refractivity contribution in [2.24, 2.45) is 0 Å². The maximum absolute atomic E-state index is 12.7. The highest BCUT2D eigenvalue weighted by atomic mass is 16.5. The smallest absolute Gasteiger partial charge is 0.255 e. The molecule has 0 aliphatic carbocycles. The third kappa shape index (κ3) is 7.00. The first-order valence-corrected chi connectivity index (χ1v) is 10.3. The van der Waals surface area contributed by atoms with Crippen LogP contribution in [0.25, 0.3) is 0 Å². The molecule has 2 amide bonds. The van der Waals surface area contributed by atoms with E-state index in [1.165, 1.54) is 5.56 Å². The molecular formula is C26H28N2O3. The molecule has 0 aliphatic rings. The first kappa shape index (κ1) is 22.1. The summed E-state index contributed by atoms with van der Waals surface area (Å²) in [4.78, 5) is 25.1. The van der Waals surface area contributed by atoms with E-state index in [4.69, 9.17) is 4.74 Å². The second kappa shape index (κ2) is 9.94. The third-order valence-corrected chi connectivity index (χ3v) is 4.47. The molecule has 0 fully saturated rings. The zero-order valence-corrected chi connectivity index (χ0v) is 18.1. The van der Waals surface area contributed by atoms with E-state index in [0.717, 1.165) is 6.42 Å². The quantitative estimate of drug-likeness (QED) is 0.564. The highest BCUT2D eigenvalue weighted by Crippen LogP contribution is 2.17. The van der Waals surface area contributed by atoms with Crippen molar-refractivity contribution in [3.05, 3.63) is 95.6 Å². The fourth-order valence-corrected chi connectivity index (χ4v) is 3.01. The van der Waals surface area contributed by atoms with Crippen LogP contribution in [0.5, 0.6) is 5.75 Å². The number of amides is 2. The summed E-state index contributed by atoms with van der Waals surface area (Å²) in [6.07, 6.45) is 0.792. The SMILES string of the molecule is CC(C)(C)NC(=O)c1cccc(NC(=O)c2cccc(OCCc3ccccc3)c2)c1. The van der Waals surface area contributed by atoms with Crippen LogP contribution >= 0.6 is 0 Å². The Labute approximate surface area is 183 Å². The van der Waals surface area contributed by atoms with Crippen molar-refractivity contribution in [2.75, 3.05) is 11.9 Å². The fourth-order valence-electron chi connectivity index (χ4n) is 3.01. The molecule has 0 aliphatic heterocycles. The third-order valence-electron chi connectivity index (χ3n) is 4.47. The van der Waals surface area contributed by atoms with Crippen LogP contribution in [0, 0.1) is 0 Å². The molecule has 0 saturated carbocycles. The minimum absolute atomic E-state index is 0.183. The predicted octanol–water partition coefficient (Wildman–Crippen LogP) is 5.09. The maximum atomic E-state index is 12.7. The molecular weight excluding hydrogens is 388 g/mol. The summed E-state index contributed by atoms with van der Waals surface area (Å²) in [6.45, 7) is 6.29. The van der Waals surface area contributed by atoms with Crippen molar-refractivity contribution in [3.63, 3.8) is 0 Å². The molecule has 160 valence electrons. The number of anilines is 1. The van der Waals surface area contributed by atoms with Gasteiger partial charge in [-0.25, -0.2) is 0 Å². The predicted molar refractivity (Wildman–Crippen MR) is 124 cm³/mol. The molecule has 3 aromatic rings. The maximum Gasteiger partial charge on any atom is 0.255 e. The van der Waals surface area contributed by atoms with E-state index in [0.29, 0.717) is 29.2 Å². The average molecular weight is 417 g/mol. The van der Waals surface area contributed by atoms with Gasteiger partial charge >= 0.3 is 0 Å². The number of rotatable bonds is 7. The van der Waals surface area contributed by atoms with Crippen molar-refractivity contribution in [1.29, 1.82) is 0 Å².